The third kappa shape index (κ3) is 4.48. The van der Waals surface area contributed by atoms with Gasteiger partial charge in [-0.15, -0.1) is 0 Å². The minimum Gasteiger partial charge on any atom is -0.496 e. The molecule has 0 aliphatic carbocycles. The van der Waals surface area contributed by atoms with Crippen LogP contribution >= 0.6 is 0 Å². The summed E-state index contributed by atoms with van der Waals surface area (Å²) in [6.45, 7) is 13.3. The molecule has 0 amide bonds. The highest BCUT2D eigenvalue weighted by atomic mass is 16.6. The van der Waals surface area contributed by atoms with Crippen LogP contribution in [0.5, 0.6) is 17.2 Å². The van der Waals surface area contributed by atoms with Crippen molar-refractivity contribution in [2.45, 2.75) is 53.0 Å². The van der Waals surface area contributed by atoms with E-state index >= 15 is 0 Å². The van der Waals surface area contributed by atoms with Gasteiger partial charge in [-0.05, 0) is 61.6 Å². The lowest BCUT2D eigenvalue weighted by molar-refractivity contribution is 0.0223. The predicted molar refractivity (Wildman–Crippen MR) is 150 cm³/mol. The van der Waals surface area contributed by atoms with Crippen molar-refractivity contribution in [1.29, 1.82) is 0 Å². The molecule has 1 unspecified atom stereocenters. The molecule has 0 fully saturated rings. The first-order valence-electron chi connectivity index (χ1n) is 13.9. The minimum absolute atomic E-state index is 0.115. The van der Waals surface area contributed by atoms with Gasteiger partial charge in [-0.1, -0.05) is 45.9 Å². The summed E-state index contributed by atoms with van der Waals surface area (Å²) >= 11 is 0. The fourth-order valence-electron chi connectivity index (χ4n) is 5.86. The van der Waals surface area contributed by atoms with E-state index < -0.39 is 5.60 Å². The van der Waals surface area contributed by atoms with E-state index in [0.29, 0.717) is 30.2 Å². The van der Waals surface area contributed by atoms with Gasteiger partial charge in [-0.25, -0.2) is 4.79 Å². The lowest BCUT2D eigenvalue weighted by Crippen LogP contribution is -2.34. The monoisotopic (exact) mass is 530 g/mol. The van der Waals surface area contributed by atoms with Gasteiger partial charge in [0.1, 0.15) is 17.2 Å². The molecule has 7 heteroatoms. The van der Waals surface area contributed by atoms with Gasteiger partial charge in [0.15, 0.2) is 5.60 Å². The highest BCUT2D eigenvalue weighted by Crippen LogP contribution is 2.57. The fourth-order valence-corrected chi connectivity index (χ4v) is 5.86. The number of aliphatic hydroxyl groups is 1. The molecule has 39 heavy (non-hydrogen) atoms. The van der Waals surface area contributed by atoms with E-state index in [4.69, 9.17) is 14.2 Å². The van der Waals surface area contributed by atoms with Gasteiger partial charge in [-0.3, -0.25) is 9.80 Å². The highest BCUT2D eigenvalue weighted by molar-refractivity contribution is 5.97. The Bertz CT molecular complexity index is 1310. The topological polar surface area (TPSA) is 71.5 Å². The van der Waals surface area contributed by atoms with E-state index in [1.165, 1.54) is 0 Å². The molecule has 2 aliphatic rings. The number of aliphatic hydroxyl groups excluding tert-OH is 1. The number of carbonyl (C=O) groups excluding carboxylic acids is 1. The summed E-state index contributed by atoms with van der Waals surface area (Å²) in [5.74, 6) is 1.50. The van der Waals surface area contributed by atoms with E-state index in [1.807, 2.05) is 36.4 Å². The number of hydrogen-bond donors (Lipinski definition) is 1. The van der Waals surface area contributed by atoms with Crippen molar-refractivity contribution >= 4 is 5.97 Å². The first-order chi connectivity index (χ1) is 18.9. The largest absolute Gasteiger partial charge is 0.496 e. The second-order valence-electron chi connectivity index (χ2n) is 10.1. The van der Waals surface area contributed by atoms with Crippen LogP contribution in [0.3, 0.4) is 0 Å². The minimum atomic E-state index is -1.17. The normalized spacial score (nSPS) is 17.2. The first-order valence-corrected chi connectivity index (χ1v) is 13.9. The zero-order valence-corrected chi connectivity index (χ0v) is 23.5. The Labute approximate surface area is 230 Å². The van der Waals surface area contributed by atoms with Crippen LogP contribution in [0.25, 0.3) is 0 Å². The lowest BCUT2D eigenvalue weighted by atomic mass is 9.76. The van der Waals surface area contributed by atoms with Gasteiger partial charge in [0.25, 0.3) is 0 Å². The van der Waals surface area contributed by atoms with Crippen LogP contribution in [0, 0.1) is 0 Å². The third-order valence-electron chi connectivity index (χ3n) is 8.18. The molecule has 3 aromatic rings. The zero-order valence-electron chi connectivity index (χ0n) is 23.5. The summed E-state index contributed by atoms with van der Waals surface area (Å²) in [5.41, 5.74) is 4.51. The van der Waals surface area contributed by atoms with E-state index in [2.05, 4.69) is 49.6 Å². The maximum atomic E-state index is 13.4. The van der Waals surface area contributed by atoms with Crippen molar-refractivity contribution in [2.75, 3.05) is 33.3 Å². The van der Waals surface area contributed by atoms with Crippen LogP contribution in [-0.4, -0.2) is 54.2 Å². The summed E-state index contributed by atoms with van der Waals surface area (Å²) in [7, 11) is 1.66. The number of rotatable bonds is 10. The van der Waals surface area contributed by atoms with Crippen molar-refractivity contribution in [3.05, 3.63) is 87.5 Å². The number of benzene rings is 3. The lowest BCUT2D eigenvalue weighted by Gasteiger charge is -2.38. The Kier molecular flexibility index (Phi) is 7.67. The fraction of sp³-hybridized carbons (Fsp3) is 0.406. The van der Waals surface area contributed by atoms with Crippen LogP contribution in [0.2, 0.25) is 0 Å². The molecule has 2 heterocycles. The number of methoxy groups -OCH3 is 1. The summed E-state index contributed by atoms with van der Waals surface area (Å²) in [4.78, 5) is 18.0. The van der Waals surface area contributed by atoms with Crippen LogP contribution in [-0.2, 0) is 30.0 Å². The molecule has 1 atom stereocenters. The molecule has 5 rings (SSSR count). The molecule has 7 nitrogen and oxygen atoms in total. The SMILES string of the molecule is CCN(CC)Cc1cc2c(cc1CO)Oc1cc(OC)c(CN(CC)CC)cc1C21OC(=O)c2ccccc21. The number of ether oxygens (including phenoxy) is 3. The molecule has 1 spiro atoms. The van der Waals surface area contributed by atoms with Gasteiger partial charge >= 0.3 is 5.97 Å². The smallest absolute Gasteiger partial charge is 0.340 e. The van der Waals surface area contributed by atoms with Crippen molar-refractivity contribution < 1.29 is 24.1 Å². The molecule has 0 aromatic heterocycles. The van der Waals surface area contributed by atoms with E-state index in [0.717, 1.165) is 65.3 Å². The maximum Gasteiger partial charge on any atom is 0.340 e. The van der Waals surface area contributed by atoms with Crippen LogP contribution in [0.1, 0.15) is 71.4 Å². The summed E-state index contributed by atoms with van der Waals surface area (Å²) in [6.07, 6.45) is 0. The zero-order chi connectivity index (χ0) is 27.7. The van der Waals surface area contributed by atoms with E-state index in [9.17, 15) is 9.90 Å². The maximum absolute atomic E-state index is 13.4. The summed E-state index contributed by atoms with van der Waals surface area (Å²) in [6, 6.07) is 15.5. The van der Waals surface area contributed by atoms with E-state index in [-0.39, 0.29) is 12.6 Å². The quantitative estimate of drug-likeness (QED) is 0.350. The Morgan fingerprint density at radius 3 is 2.00 bits per heavy atom. The van der Waals surface area contributed by atoms with Crippen molar-refractivity contribution in [2.24, 2.45) is 0 Å². The number of esters is 1. The molecule has 2 aliphatic heterocycles. The molecule has 0 radical (unpaired) electrons. The third-order valence-corrected chi connectivity index (χ3v) is 8.18. The first kappa shape index (κ1) is 27.2. The highest BCUT2D eigenvalue weighted by Gasteiger charge is 2.54. The van der Waals surface area contributed by atoms with Crippen molar-refractivity contribution in [3.8, 4) is 17.2 Å². The predicted octanol–water partition coefficient (Wildman–Crippen LogP) is 5.44. The van der Waals surface area contributed by atoms with Crippen LogP contribution in [0.15, 0.2) is 48.5 Å². The Morgan fingerprint density at radius 2 is 1.38 bits per heavy atom. The van der Waals surface area contributed by atoms with Crippen LogP contribution < -0.4 is 9.47 Å². The van der Waals surface area contributed by atoms with Gasteiger partial charge in [0, 0.05) is 41.4 Å². The number of fused-ring (bicyclic) bond motifs is 6. The molecule has 3 aromatic carbocycles. The molecule has 1 N–H and O–H groups in total. The summed E-state index contributed by atoms with van der Waals surface area (Å²) < 4.78 is 18.8. The molecule has 0 saturated carbocycles. The Balaban J connectivity index is 1.79. The van der Waals surface area contributed by atoms with Gasteiger partial charge < -0.3 is 19.3 Å². The average molecular weight is 531 g/mol. The second kappa shape index (κ2) is 11.0. The molecular formula is C32H38N2O5. The van der Waals surface area contributed by atoms with E-state index in [1.54, 1.807) is 7.11 Å². The molecule has 0 saturated heterocycles. The molecule has 206 valence electrons. The number of hydrogen-bond acceptors (Lipinski definition) is 7. The molecule has 0 bridgehead atoms. The van der Waals surface area contributed by atoms with Gasteiger partial charge in [-0.2, -0.15) is 0 Å². The Hall–Kier alpha value is -3.39. The van der Waals surface area contributed by atoms with Gasteiger partial charge in [0.2, 0.25) is 0 Å². The average Bonchev–Trinajstić information content (AvgIpc) is 3.27. The van der Waals surface area contributed by atoms with Gasteiger partial charge in [0.05, 0.1) is 19.3 Å². The van der Waals surface area contributed by atoms with Crippen LogP contribution in [0.4, 0.5) is 0 Å². The Morgan fingerprint density at radius 1 is 0.795 bits per heavy atom. The molecular weight excluding hydrogens is 492 g/mol. The number of nitrogens with zero attached hydrogens (tertiary/aromatic N) is 2. The van der Waals surface area contributed by atoms with Crippen molar-refractivity contribution in [3.63, 3.8) is 0 Å². The summed E-state index contributed by atoms with van der Waals surface area (Å²) in [5, 5.41) is 10.3. The van der Waals surface area contributed by atoms with Crippen molar-refractivity contribution in [1.82, 2.24) is 9.80 Å². The second-order valence-corrected chi connectivity index (χ2v) is 10.1. The standard InChI is InChI=1S/C32H38N2O5/c1-6-33(7-2)18-21-14-26-29(16-23(21)20-35)38-30-17-28(37-5)22(19-34(8-3)9-4)15-27(30)32(26)25-13-11-10-12-24(25)31(36)39-32/h10-17,35H,6-9,18-20H2,1-5H3. The number of carbonyl (C=O) groups is 1.